The molecule has 9 nitrogen and oxygen atoms in total. The smallest absolute Gasteiger partial charge is 0.328 e. The SMILES string of the molecule is COc1ccc(C(=O)/C=C/c2cc(-c3ccccc3OC)ccc2N2CCCN(C)CC2)c(F)c1.O=C(O)/C=C/C(=O)O. The van der Waals surface area contributed by atoms with E-state index in [1.807, 2.05) is 24.3 Å². The van der Waals surface area contributed by atoms with Crippen LogP contribution < -0.4 is 14.4 Å². The number of likely N-dealkylation sites (N-methyl/N-ethyl adjacent to an activating group) is 1. The van der Waals surface area contributed by atoms with E-state index in [1.54, 1.807) is 19.3 Å². The maximum atomic E-state index is 14.5. The summed E-state index contributed by atoms with van der Waals surface area (Å²) in [4.78, 5) is 36.7. The molecule has 0 saturated carbocycles. The normalized spacial score (nSPS) is 13.7. The number of benzene rings is 3. The topological polar surface area (TPSA) is 117 Å². The monoisotopic (exact) mass is 590 g/mol. The molecule has 0 bridgehead atoms. The first-order valence-electron chi connectivity index (χ1n) is 13.5. The van der Waals surface area contributed by atoms with Gasteiger partial charge in [-0.3, -0.25) is 4.79 Å². The molecule has 10 heteroatoms. The highest BCUT2D eigenvalue weighted by atomic mass is 19.1. The highest BCUT2D eigenvalue weighted by molar-refractivity contribution is 6.07. The predicted molar refractivity (Wildman–Crippen MR) is 163 cm³/mol. The Morgan fingerprint density at radius 3 is 2.21 bits per heavy atom. The second-order valence-electron chi connectivity index (χ2n) is 9.67. The minimum absolute atomic E-state index is 0.0147. The van der Waals surface area contributed by atoms with Crippen LogP contribution in [-0.4, -0.2) is 80.3 Å². The van der Waals surface area contributed by atoms with Crippen LogP contribution in [0.25, 0.3) is 17.2 Å². The molecule has 1 heterocycles. The average Bonchev–Trinajstić information content (AvgIpc) is 3.23. The molecule has 1 aliphatic rings. The molecule has 4 rings (SSSR count). The fourth-order valence-corrected chi connectivity index (χ4v) is 4.53. The van der Waals surface area contributed by atoms with Crippen molar-refractivity contribution in [2.75, 3.05) is 52.3 Å². The molecule has 0 radical (unpaired) electrons. The van der Waals surface area contributed by atoms with Gasteiger partial charge < -0.3 is 29.5 Å². The van der Waals surface area contributed by atoms with Gasteiger partial charge in [0, 0.05) is 49.1 Å². The largest absolute Gasteiger partial charge is 0.497 e. The molecular weight excluding hydrogens is 555 g/mol. The van der Waals surface area contributed by atoms with Gasteiger partial charge in [-0.15, -0.1) is 0 Å². The third kappa shape index (κ3) is 9.54. The van der Waals surface area contributed by atoms with E-state index in [0.29, 0.717) is 17.9 Å². The second kappa shape index (κ2) is 15.9. The molecule has 0 unspecified atom stereocenters. The molecule has 0 atom stereocenters. The van der Waals surface area contributed by atoms with Gasteiger partial charge in [-0.25, -0.2) is 14.0 Å². The van der Waals surface area contributed by atoms with Crippen LogP contribution >= 0.6 is 0 Å². The fraction of sp³-hybridized carbons (Fsp3) is 0.242. The van der Waals surface area contributed by atoms with Crippen molar-refractivity contribution in [2.24, 2.45) is 0 Å². The van der Waals surface area contributed by atoms with Gasteiger partial charge in [0.05, 0.1) is 19.8 Å². The van der Waals surface area contributed by atoms with Gasteiger partial charge in [-0.1, -0.05) is 24.3 Å². The zero-order valence-electron chi connectivity index (χ0n) is 24.3. The third-order valence-electron chi connectivity index (χ3n) is 6.73. The predicted octanol–water partition coefficient (Wildman–Crippen LogP) is 5.26. The molecule has 2 N–H and O–H groups in total. The van der Waals surface area contributed by atoms with Crippen molar-refractivity contribution in [3.63, 3.8) is 0 Å². The van der Waals surface area contributed by atoms with Crippen molar-refractivity contribution in [1.29, 1.82) is 0 Å². The van der Waals surface area contributed by atoms with Crippen molar-refractivity contribution >= 4 is 29.5 Å². The van der Waals surface area contributed by atoms with Crippen LogP contribution in [0.1, 0.15) is 22.3 Å². The zero-order valence-corrected chi connectivity index (χ0v) is 24.3. The van der Waals surface area contributed by atoms with Crippen LogP contribution in [-0.2, 0) is 9.59 Å². The zero-order chi connectivity index (χ0) is 31.4. The lowest BCUT2D eigenvalue weighted by molar-refractivity contribution is -0.134. The number of aliphatic carboxylic acids is 2. The Bertz CT molecular complexity index is 1490. The van der Waals surface area contributed by atoms with E-state index >= 15 is 0 Å². The number of carbonyl (C=O) groups is 3. The summed E-state index contributed by atoms with van der Waals surface area (Å²) in [5, 5.41) is 15.6. The summed E-state index contributed by atoms with van der Waals surface area (Å²) >= 11 is 0. The van der Waals surface area contributed by atoms with Gasteiger partial charge in [0.15, 0.2) is 5.78 Å². The number of anilines is 1. The number of halogens is 1. The standard InChI is InChI=1S/C29H31FN2O3.C4H4O4/c1-31-15-6-16-32(18-17-31)27-13-9-21(24-7-4-5-8-29(24)35-3)19-22(27)10-14-28(33)25-12-11-23(34-2)20-26(25)30;5-3(6)1-2-4(7)8/h4-5,7-14,19-20H,6,15-18H2,1-3H3;1-2H,(H,5,6)(H,7,8)/b14-10+;2-1+. The average molecular weight is 591 g/mol. The lowest BCUT2D eigenvalue weighted by Gasteiger charge is -2.25. The Morgan fingerprint density at radius 2 is 1.56 bits per heavy atom. The van der Waals surface area contributed by atoms with E-state index in [0.717, 1.165) is 60.7 Å². The van der Waals surface area contributed by atoms with Gasteiger partial charge >= 0.3 is 11.9 Å². The number of ketones is 1. The number of para-hydroxylation sites is 1. The number of allylic oxidation sites excluding steroid dienone is 1. The number of nitrogens with zero attached hydrogens (tertiary/aromatic N) is 2. The summed E-state index contributed by atoms with van der Waals surface area (Å²) in [7, 11) is 5.26. The lowest BCUT2D eigenvalue weighted by atomic mass is 9.99. The second-order valence-corrected chi connectivity index (χ2v) is 9.67. The van der Waals surface area contributed by atoms with E-state index in [2.05, 4.69) is 35.0 Å². The van der Waals surface area contributed by atoms with Crippen LogP contribution in [0.5, 0.6) is 11.5 Å². The minimum atomic E-state index is -1.26. The molecule has 1 saturated heterocycles. The van der Waals surface area contributed by atoms with Crippen LogP contribution in [0.15, 0.2) is 78.9 Å². The van der Waals surface area contributed by atoms with Gasteiger partial charge in [0.2, 0.25) is 0 Å². The Morgan fingerprint density at radius 1 is 0.837 bits per heavy atom. The van der Waals surface area contributed by atoms with E-state index in [4.69, 9.17) is 19.7 Å². The molecule has 3 aromatic rings. The van der Waals surface area contributed by atoms with Gasteiger partial charge in [-0.2, -0.15) is 0 Å². The number of hydrogen-bond donors (Lipinski definition) is 2. The van der Waals surface area contributed by atoms with E-state index in [9.17, 15) is 18.8 Å². The molecule has 43 heavy (non-hydrogen) atoms. The molecule has 0 spiro atoms. The first kappa shape index (κ1) is 32.6. The first-order chi connectivity index (χ1) is 20.6. The first-order valence-corrected chi connectivity index (χ1v) is 13.5. The molecular formula is C33H35FN2O7. The number of carboxylic acids is 2. The highest BCUT2D eigenvalue weighted by Crippen LogP contribution is 2.34. The van der Waals surface area contributed by atoms with E-state index in [1.165, 1.54) is 25.3 Å². The molecule has 0 aromatic heterocycles. The van der Waals surface area contributed by atoms with Crippen LogP contribution in [0.3, 0.4) is 0 Å². The number of rotatable bonds is 9. The van der Waals surface area contributed by atoms with Crippen molar-refractivity contribution in [3.05, 3.63) is 95.8 Å². The van der Waals surface area contributed by atoms with Crippen LogP contribution in [0.2, 0.25) is 0 Å². The molecule has 1 fully saturated rings. The number of methoxy groups -OCH3 is 2. The van der Waals surface area contributed by atoms with E-state index < -0.39 is 23.5 Å². The van der Waals surface area contributed by atoms with E-state index in [-0.39, 0.29) is 5.56 Å². The Labute approximate surface area is 250 Å². The molecule has 226 valence electrons. The molecule has 0 amide bonds. The van der Waals surface area contributed by atoms with Gasteiger partial charge in [-0.05, 0) is 73.6 Å². The summed E-state index contributed by atoms with van der Waals surface area (Å²) in [6, 6.07) is 18.4. The maximum Gasteiger partial charge on any atom is 0.328 e. The van der Waals surface area contributed by atoms with Gasteiger partial charge in [0.25, 0.3) is 0 Å². The Hall–Kier alpha value is -4.96. The Kier molecular flexibility index (Phi) is 12.0. The summed E-state index contributed by atoms with van der Waals surface area (Å²) in [5.41, 5.74) is 3.93. The van der Waals surface area contributed by atoms with Crippen molar-refractivity contribution in [3.8, 4) is 22.6 Å². The highest BCUT2D eigenvalue weighted by Gasteiger charge is 2.17. The number of ether oxygens (including phenoxy) is 2. The molecule has 3 aromatic carbocycles. The number of carbonyl (C=O) groups excluding carboxylic acids is 1. The van der Waals surface area contributed by atoms with Crippen molar-refractivity contribution < 1.29 is 38.5 Å². The maximum absolute atomic E-state index is 14.5. The molecule has 1 aliphatic heterocycles. The summed E-state index contributed by atoms with van der Waals surface area (Å²) in [5.74, 6) is -2.35. The quantitative estimate of drug-likeness (QED) is 0.254. The van der Waals surface area contributed by atoms with Gasteiger partial charge in [0.1, 0.15) is 17.3 Å². The van der Waals surface area contributed by atoms with Crippen LogP contribution in [0.4, 0.5) is 10.1 Å². The Balaban J connectivity index is 0.000000557. The van der Waals surface area contributed by atoms with Crippen molar-refractivity contribution in [1.82, 2.24) is 4.90 Å². The fourth-order valence-electron chi connectivity index (χ4n) is 4.53. The lowest BCUT2D eigenvalue weighted by Crippen LogP contribution is -2.29. The van der Waals surface area contributed by atoms with Crippen LogP contribution in [0, 0.1) is 5.82 Å². The number of hydrogen-bond acceptors (Lipinski definition) is 7. The summed E-state index contributed by atoms with van der Waals surface area (Å²) < 4.78 is 25.1. The molecule has 0 aliphatic carbocycles. The third-order valence-corrected chi connectivity index (χ3v) is 6.73. The summed E-state index contributed by atoms with van der Waals surface area (Å²) in [6.45, 7) is 3.84. The van der Waals surface area contributed by atoms with Crippen molar-refractivity contribution in [2.45, 2.75) is 6.42 Å². The minimum Gasteiger partial charge on any atom is -0.497 e. The summed E-state index contributed by atoms with van der Waals surface area (Å²) in [6.07, 6.45) is 5.41. The number of carboxylic acid groups (broad SMARTS) is 2.